The smallest absolute Gasteiger partial charge is 0.326 e. The van der Waals surface area contributed by atoms with Crippen molar-refractivity contribution < 1.29 is 14.7 Å². The van der Waals surface area contributed by atoms with Gasteiger partial charge in [0.2, 0.25) is 0 Å². The van der Waals surface area contributed by atoms with Gasteiger partial charge in [0.1, 0.15) is 6.04 Å². The van der Waals surface area contributed by atoms with E-state index in [9.17, 15) is 9.59 Å². The Morgan fingerprint density at radius 2 is 1.72 bits per heavy atom. The third-order valence-corrected chi connectivity index (χ3v) is 3.37. The minimum Gasteiger partial charge on any atom is -0.480 e. The zero-order valence-corrected chi connectivity index (χ0v) is 11.6. The van der Waals surface area contributed by atoms with Crippen molar-refractivity contribution in [2.45, 2.75) is 40.2 Å². The summed E-state index contributed by atoms with van der Waals surface area (Å²) in [5, 5.41) is 11.7. The summed E-state index contributed by atoms with van der Waals surface area (Å²) < 4.78 is 0. The number of amides is 2. The lowest BCUT2D eigenvalue weighted by Crippen LogP contribution is -2.53. The molecule has 0 spiro atoms. The summed E-state index contributed by atoms with van der Waals surface area (Å²) in [7, 11) is 0. The number of hydrogen-bond donors (Lipinski definition) is 2. The first-order valence-corrected chi connectivity index (χ1v) is 6.59. The Morgan fingerprint density at radius 3 is 2.11 bits per heavy atom. The fourth-order valence-corrected chi connectivity index (χ4v) is 2.57. The number of rotatable bonds is 3. The standard InChI is InChI=1S/C13H24N2O3/c1-8(2)11(12(16)17)14-13(18)15-6-9(3)5-10(4)7-15/h8-11H,5-7H2,1-4H3,(H,14,18)(H,16,17)/t9-,10+,11-/m0/s1. The predicted molar refractivity (Wildman–Crippen MR) is 69.3 cm³/mol. The maximum absolute atomic E-state index is 12.1. The number of carboxylic acids is 1. The van der Waals surface area contributed by atoms with Crippen LogP contribution in [-0.4, -0.2) is 41.1 Å². The quantitative estimate of drug-likeness (QED) is 0.808. The third kappa shape index (κ3) is 3.89. The molecule has 0 bridgehead atoms. The van der Waals surface area contributed by atoms with Crippen LogP contribution in [0.5, 0.6) is 0 Å². The van der Waals surface area contributed by atoms with E-state index in [-0.39, 0.29) is 11.9 Å². The van der Waals surface area contributed by atoms with E-state index in [4.69, 9.17) is 5.11 Å². The largest absolute Gasteiger partial charge is 0.480 e. The van der Waals surface area contributed by atoms with Crippen LogP contribution in [-0.2, 0) is 4.79 Å². The van der Waals surface area contributed by atoms with E-state index in [0.29, 0.717) is 24.9 Å². The van der Waals surface area contributed by atoms with E-state index in [1.54, 1.807) is 18.7 Å². The summed E-state index contributed by atoms with van der Waals surface area (Å²) in [4.78, 5) is 24.8. The van der Waals surface area contributed by atoms with Crippen LogP contribution in [0, 0.1) is 17.8 Å². The Morgan fingerprint density at radius 1 is 1.22 bits per heavy atom. The highest BCUT2D eigenvalue weighted by Gasteiger charge is 2.29. The van der Waals surface area contributed by atoms with Gasteiger partial charge >= 0.3 is 12.0 Å². The van der Waals surface area contributed by atoms with E-state index < -0.39 is 12.0 Å². The van der Waals surface area contributed by atoms with Crippen LogP contribution in [0.25, 0.3) is 0 Å². The van der Waals surface area contributed by atoms with Gasteiger partial charge in [-0.25, -0.2) is 9.59 Å². The minimum absolute atomic E-state index is 0.119. The first kappa shape index (κ1) is 14.8. The number of carbonyl (C=O) groups excluding carboxylic acids is 1. The van der Waals surface area contributed by atoms with Crippen LogP contribution in [0.1, 0.15) is 34.1 Å². The molecule has 0 aromatic rings. The van der Waals surface area contributed by atoms with Gasteiger partial charge in [0, 0.05) is 13.1 Å². The lowest BCUT2D eigenvalue weighted by Gasteiger charge is -2.35. The predicted octanol–water partition coefficient (Wildman–Crippen LogP) is 1.78. The molecule has 5 nitrogen and oxygen atoms in total. The second-order valence-corrected chi connectivity index (χ2v) is 5.86. The topological polar surface area (TPSA) is 69.6 Å². The van der Waals surface area contributed by atoms with Gasteiger partial charge in [-0.1, -0.05) is 27.7 Å². The molecular weight excluding hydrogens is 232 g/mol. The highest BCUT2D eigenvalue weighted by atomic mass is 16.4. The summed E-state index contributed by atoms with van der Waals surface area (Å²) in [6, 6.07) is -1.07. The molecule has 3 atom stereocenters. The second kappa shape index (κ2) is 6.07. The number of carboxylic acid groups (broad SMARTS) is 1. The highest BCUT2D eigenvalue weighted by Crippen LogP contribution is 2.21. The van der Waals surface area contributed by atoms with Gasteiger partial charge in [0.05, 0.1) is 0 Å². The number of hydrogen-bond acceptors (Lipinski definition) is 2. The molecule has 1 rings (SSSR count). The maximum Gasteiger partial charge on any atom is 0.326 e. The van der Waals surface area contributed by atoms with Crippen molar-refractivity contribution in [3.05, 3.63) is 0 Å². The molecule has 2 N–H and O–H groups in total. The zero-order chi connectivity index (χ0) is 13.9. The molecule has 1 saturated heterocycles. The SMILES string of the molecule is CC(C)[C@H](NC(=O)N1C[C@H](C)C[C@H](C)C1)C(=O)O. The average molecular weight is 256 g/mol. The fourth-order valence-electron chi connectivity index (χ4n) is 2.57. The lowest BCUT2D eigenvalue weighted by molar-refractivity contribution is -0.140. The minimum atomic E-state index is -0.976. The van der Waals surface area contributed by atoms with Crippen molar-refractivity contribution >= 4 is 12.0 Å². The normalized spacial score (nSPS) is 25.9. The number of likely N-dealkylation sites (tertiary alicyclic amines) is 1. The van der Waals surface area contributed by atoms with Gasteiger partial charge in [-0.2, -0.15) is 0 Å². The molecule has 1 aliphatic heterocycles. The van der Waals surface area contributed by atoms with E-state index in [1.165, 1.54) is 0 Å². The van der Waals surface area contributed by atoms with Crippen LogP contribution >= 0.6 is 0 Å². The number of nitrogens with one attached hydrogen (secondary N) is 1. The highest BCUT2D eigenvalue weighted by molar-refractivity contribution is 5.82. The first-order valence-electron chi connectivity index (χ1n) is 6.59. The molecule has 0 radical (unpaired) electrons. The average Bonchev–Trinajstić information content (AvgIpc) is 2.23. The fraction of sp³-hybridized carbons (Fsp3) is 0.846. The van der Waals surface area contributed by atoms with Crippen LogP contribution in [0.2, 0.25) is 0 Å². The molecule has 0 saturated carbocycles. The van der Waals surface area contributed by atoms with Crippen molar-refractivity contribution in [3.8, 4) is 0 Å². The molecule has 5 heteroatoms. The van der Waals surface area contributed by atoms with Crippen molar-refractivity contribution in [1.82, 2.24) is 10.2 Å². The van der Waals surface area contributed by atoms with Crippen molar-refractivity contribution in [2.75, 3.05) is 13.1 Å². The van der Waals surface area contributed by atoms with Gasteiger partial charge in [-0.3, -0.25) is 0 Å². The Labute approximate surface area is 109 Å². The van der Waals surface area contributed by atoms with Gasteiger partial charge < -0.3 is 15.3 Å². The molecule has 2 amide bonds. The van der Waals surface area contributed by atoms with Crippen LogP contribution < -0.4 is 5.32 Å². The molecule has 104 valence electrons. The van der Waals surface area contributed by atoms with Crippen LogP contribution in [0.3, 0.4) is 0 Å². The van der Waals surface area contributed by atoms with Gasteiger partial charge in [0.15, 0.2) is 0 Å². The molecule has 18 heavy (non-hydrogen) atoms. The monoisotopic (exact) mass is 256 g/mol. The van der Waals surface area contributed by atoms with E-state index in [1.807, 2.05) is 0 Å². The molecule has 1 aliphatic rings. The number of nitrogens with zero attached hydrogens (tertiary/aromatic N) is 1. The van der Waals surface area contributed by atoms with Crippen LogP contribution in [0.15, 0.2) is 0 Å². The van der Waals surface area contributed by atoms with Gasteiger partial charge in [-0.15, -0.1) is 0 Å². The van der Waals surface area contributed by atoms with Gasteiger partial charge in [-0.05, 0) is 24.2 Å². The number of aliphatic carboxylic acids is 1. The third-order valence-electron chi connectivity index (χ3n) is 3.37. The number of piperidine rings is 1. The summed E-state index contributed by atoms with van der Waals surface area (Å²) in [6.07, 6.45) is 1.12. The maximum atomic E-state index is 12.1. The zero-order valence-electron chi connectivity index (χ0n) is 11.6. The van der Waals surface area contributed by atoms with Crippen molar-refractivity contribution in [1.29, 1.82) is 0 Å². The van der Waals surface area contributed by atoms with Crippen molar-refractivity contribution in [2.24, 2.45) is 17.8 Å². The van der Waals surface area contributed by atoms with E-state index in [2.05, 4.69) is 19.2 Å². The second-order valence-electron chi connectivity index (χ2n) is 5.86. The van der Waals surface area contributed by atoms with Gasteiger partial charge in [0.25, 0.3) is 0 Å². The Balaban J connectivity index is 2.61. The number of urea groups is 1. The van der Waals surface area contributed by atoms with E-state index in [0.717, 1.165) is 6.42 Å². The van der Waals surface area contributed by atoms with Crippen LogP contribution in [0.4, 0.5) is 4.79 Å². The molecule has 0 aromatic heterocycles. The Hall–Kier alpha value is -1.26. The molecular formula is C13H24N2O3. The summed E-state index contributed by atoms with van der Waals surface area (Å²) in [6.45, 7) is 9.24. The summed E-state index contributed by atoms with van der Waals surface area (Å²) in [5.74, 6) is -0.147. The Bertz CT molecular complexity index is 307. The summed E-state index contributed by atoms with van der Waals surface area (Å²) >= 11 is 0. The van der Waals surface area contributed by atoms with Crippen molar-refractivity contribution in [3.63, 3.8) is 0 Å². The molecule has 0 aromatic carbocycles. The summed E-state index contributed by atoms with van der Waals surface area (Å²) in [5.41, 5.74) is 0. The molecule has 0 aliphatic carbocycles. The lowest BCUT2D eigenvalue weighted by atomic mass is 9.92. The molecule has 0 unspecified atom stereocenters. The first-order chi connectivity index (χ1) is 8.31. The number of carbonyl (C=O) groups is 2. The van der Waals surface area contributed by atoms with E-state index >= 15 is 0 Å². The Kier molecular flexibility index (Phi) is 4.99. The molecule has 1 fully saturated rings. The molecule has 1 heterocycles.